The van der Waals surface area contributed by atoms with Gasteiger partial charge < -0.3 is 15.5 Å². The van der Waals surface area contributed by atoms with Gasteiger partial charge in [-0.15, -0.1) is 0 Å². The number of hydrogen-bond donors (Lipinski definition) is 2. The predicted octanol–water partition coefficient (Wildman–Crippen LogP) is 0.760. The minimum Gasteiger partial charge on any atom is -0.368 e. The fourth-order valence-electron chi connectivity index (χ4n) is 2.65. The highest BCUT2D eigenvalue weighted by molar-refractivity contribution is 5.96. The minimum atomic E-state index is -0.0978. The maximum Gasteiger partial charge on any atom is 0.221 e. The van der Waals surface area contributed by atoms with Crippen molar-refractivity contribution in [3.63, 3.8) is 0 Å². The monoisotopic (exact) mass is 266 g/mol. The summed E-state index contributed by atoms with van der Waals surface area (Å²) in [6.07, 6.45) is 3.67. The Morgan fingerprint density at radius 2 is 2.00 bits per heavy atom. The normalized spacial score (nSPS) is 24.5. The molecular formula is C13H26N6. The Balaban J connectivity index is 2.23. The molecule has 0 aliphatic carbocycles. The molecule has 108 valence electrons. The molecule has 0 aromatic heterocycles. The summed E-state index contributed by atoms with van der Waals surface area (Å²) in [7, 11) is 0. The highest BCUT2D eigenvalue weighted by atomic mass is 15.5. The first-order valence-corrected chi connectivity index (χ1v) is 7.32. The molecule has 6 nitrogen and oxygen atoms in total. The van der Waals surface area contributed by atoms with Crippen molar-refractivity contribution in [3.05, 3.63) is 0 Å². The summed E-state index contributed by atoms with van der Waals surface area (Å²) in [5, 5.41) is 3.37. The Morgan fingerprint density at radius 1 is 1.32 bits per heavy atom. The molecule has 1 unspecified atom stereocenters. The molecule has 19 heavy (non-hydrogen) atoms. The molecule has 0 aromatic carbocycles. The van der Waals surface area contributed by atoms with Gasteiger partial charge in [0.25, 0.3) is 0 Å². The summed E-state index contributed by atoms with van der Waals surface area (Å²) in [6.45, 7) is 9.40. The van der Waals surface area contributed by atoms with Crippen LogP contribution >= 0.6 is 0 Å². The topological polar surface area (TPSA) is 69.2 Å². The van der Waals surface area contributed by atoms with Crippen molar-refractivity contribution in [1.82, 2.24) is 15.1 Å². The van der Waals surface area contributed by atoms with Crippen LogP contribution in [0.2, 0.25) is 0 Å². The van der Waals surface area contributed by atoms with Crippen LogP contribution in [-0.4, -0.2) is 53.7 Å². The number of nitrogens with zero attached hydrogens (tertiary/aromatic N) is 4. The predicted molar refractivity (Wildman–Crippen MR) is 78.9 cm³/mol. The van der Waals surface area contributed by atoms with E-state index in [2.05, 4.69) is 45.9 Å². The fourth-order valence-corrected chi connectivity index (χ4v) is 2.65. The van der Waals surface area contributed by atoms with Crippen molar-refractivity contribution in [2.45, 2.75) is 52.4 Å². The quantitative estimate of drug-likeness (QED) is 0.791. The first-order chi connectivity index (χ1) is 9.13. The van der Waals surface area contributed by atoms with Gasteiger partial charge in [0, 0.05) is 19.1 Å². The van der Waals surface area contributed by atoms with Crippen LogP contribution in [0.5, 0.6) is 0 Å². The van der Waals surface area contributed by atoms with E-state index in [4.69, 9.17) is 5.73 Å². The standard InChI is InChI=1S/C13H26N6/c1-4-15-12-16-11(14)17-13(19(12)10(2)3)18-8-6-5-7-9-18/h10,12,15H,4-9H2,1-3H3,(H2,14,16). The number of hydrogen-bond acceptors (Lipinski definition) is 6. The number of rotatable bonds is 3. The van der Waals surface area contributed by atoms with E-state index < -0.39 is 0 Å². The van der Waals surface area contributed by atoms with Gasteiger partial charge in [-0.05, 0) is 39.7 Å². The summed E-state index contributed by atoms with van der Waals surface area (Å²) >= 11 is 0. The lowest BCUT2D eigenvalue weighted by Crippen LogP contribution is -2.59. The molecule has 0 bridgehead atoms. The average Bonchev–Trinajstić information content (AvgIpc) is 2.39. The molecule has 2 aliphatic rings. The zero-order chi connectivity index (χ0) is 13.8. The summed E-state index contributed by atoms with van der Waals surface area (Å²) in [5.41, 5.74) is 5.88. The third-order valence-electron chi connectivity index (χ3n) is 3.55. The highest BCUT2D eigenvalue weighted by Gasteiger charge is 2.31. The van der Waals surface area contributed by atoms with Gasteiger partial charge in [-0.2, -0.15) is 4.99 Å². The zero-order valence-corrected chi connectivity index (χ0v) is 12.3. The van der Waals surface area contributed by atoms with Crippen LogP contribution in [-0.2, 0) is 0 Å². The number of likely N-dealkylation sites (tertiary alicyclic amines) is 1. The number of nitrogens with one attached hydrogen (secondary N) is 1. The third-order valence-corrected chi connectivity index (χ3v) is 3.55. The average molecular weight is 266 g/mol. The Hall–Kier alpha value is -1.30. The fraction of sp³-hybridized carbons (Fsp3) is 0.846. The molecule has 1 fully saturated rings. The van der Waals surface area contributed by atoms with Gasteiger partial charge in [0.1, 0.15) is 0 Å². The van der Waals surface area contributed by atoms with Crippen molar-refractivity contribution >= 4 is 11.9 Å². The summed E-state index contributed by atoms with van der Waals surface area (Å²) < 4.78 is 0. The SMILES string of the molecule is CCNC1N=C(N)N=C(N2CCCCC2)N1C(C)C. The number of piperidine rings is 1. The molecular weight excluding hydrogens is 240 g/mol. The van der Waals surface area contributed by atoms with E-state index in [-0.39, 0.29) is 6.29 Å². The van der Waals surface area contributed by atoms with Crippen LogP contribution in [0.15, 0.2) is 9.98 Å². The maximum absolute atomic E-state index is 5.88. The van der Waals surface area contributed by atoms with Crippen molar-refractivity contribution in [2.24, 2.45) is 15.7 Å². The van der Waals surface area contributed by atoms with E-state index in [0.29, 0.717) is 12.0 Å². The van der Waals surface area contributed by atoms with Gasteiger partial charge in [-0.3, -0.25) is 5.32 Å². The van der Waals surface area contributed by atoms with Gasteiger partial charge in [0.05, 0.1) is 0 Å². The van der Waals surface area contributed by atoms with Crippen molar-refractivity contribution < 1.29 is 0 Å². The maximum atomic E-state index is 5.88. The summed E-state index contributed by atoms with van der Waals surface area (Å²) in [6, 6.07) is 0.335. The van der Waals surface area contributed by atoms with E-state index in [1.54, 1.807) is 0 Å². The van der Waals surface area contributed by atoms with Crippen molar-refractivity contribution in [3.8, 4) is 0 Å². The number of nitrogens with two attached hydrogens (primary N) is 1. The molecule has 1 saturated heterocycles. The van der Waals surface area contributed by atoms with Crippen LogP contribution in [0.3, 0.4) is 0 Å². The molecule has 0 amide bonds. The second kappa shape index (κ2) is 6.23. The lowest BCUT2D eigenvalue weighted by atomic mass is 10.1. The molecule has 0 radical (unpaired) electrons. The smallest absolute Gasteiger partial charge is 0.221 e. The minimum absolute atomic E-state index is 0.0978. The van der Waals surface area contributed by atoms with Crippen LogP contribution in [0.1, 0.15) is 40.0 Å². The van der Waals surface area contributed by atoms with Gasteiger partial charge in [-0.1, -0.05) is 6.92 Å². The Morgan fingerprint density at radius 3 is 2.58 bits per heavy atom. The van der Waals surface area contributed by atoms with Crippen LogP contribution in [0.4, 0.5) is 0 Å². The molecule has 1 atom stereocenters. The number of guanidine groups is 2. The van der Waals surface area contributed by atoms with E-state index in [9.17, 15) is 0 Å². The molecule has 0 spiro atoms. The Kier molecular flexibility index (Phi) is 4.63. The molecule has 2 heterocycles. The first-order valence-electron chi connectivity index (χ1n) is 7.32. The van der Waals surface area contributed by atoms with Crippen molar-refractivity contribution in [2.75, 3.05) is 19.6 Å². The lowest BCUT2D eigenvalue weighted by Gasteiger charge is -2.43. The van der Waals surface area contributed by atoms with Crippen LogP contribution in [0.25, 0.3) is 0 Å². The second-order valence-corrected chi connectivity index (χ2v) is 5.38. The van der Waals surface area contributed by atoms with E-state index in [1.807, 2.05) is 0 Å². The molecule has 2 aliphatic heterocycles. The van der Waals surface area contributed by atoms with Crippen molar-refractivity contribution in [1.29, 1.82) is 0 Å². The van der Waals surface area contributed by atoms with E-state index in [0.717, 1.165) is 25.6 Å². The van der Waals surface area contributed by atoms with E-state index >= 15 is 0 Å². The van der Waals surface area contributed by atoms with E-state index in [1.165, 1.54) is 19.3 Å². The Bertz CT molecular complexity index is 356. The molecule has 0 saturated carbocycles. The zero-order valence-electron chi connectivity index (χ0n) is 12.3. The van der Waals surface area contributed by atoms with Gasteiger partial charge in [0.15, 0.2) is 6.29 Å². The largest absolute Gasteiger partial charge is 0.368 e. The van der Waals surface area contributed by atoms with Crippen LogP contribution < -0.4 is 11.1 Å². The Labute approximate surface area is 115 Å². The second-order valence-electron chi connectivity index (χ2n) is 5.38. The van der Waals surface area contributed by atoms with Gasteiger partial charge >= 0.3 is 0 Å². The summed E-state index contributed by atoms with van der Waals surface area (Å²) in [5.74, 6) is 1.36. The van der Waals surface area contributed by atoms with Crippen LogP contribution in [0, 0.1) is 0 Å². The molecule has 6 heteroatoms. The highest BCUT2D eigenvalue weighted by Crippen LogP contribution is 2.18. The number of aliphatic imine (C=N–C) groups is 2. The lowest BCUT2D eigenvalue weighted by molar-refractivity contribution is 0.184. The molecule has 3 N–H and O–H groups in total. The third kappa shape index (κ3) is 3.18. The van der Waals surface area contributed by atoms with Gasteiger partial charge in [0.2, 0.25) is 11.9 Å². The molecule has 2 rings (SSSR count). The first kappa shape index (κ1) is 14.1. The summed E-state index contributed by atoms with van der Waals surface area (Å²) in [4.78, 5) is 13.5. The van der Waals surface area contributed by atoms with Gasteiger partial charge in [-0.25, -0.2) is 4.99 Å². The molecule has 0 aromatic rings.